The predicted molar refractivity (Wildman–Crippen MR) is 149 cm³/mol. The Balaban J connectivity index is 1.56. The number of Topliss-reactive ketones (excluding diaryl/α,β-unsaturated/α-hetero) is 2. The Morgan fingerprint density at radius 3 is 2.47 bits per heavy atom. The summed E-state index contributed by atoms with van der Waals surface area (Å²) in [5.41, 5.74) is 2.18. The molecule has 1 fully saturated rings. The first-order valence-electron chi connectivity index (χ1n) is 12.4. The molecule has 7 rings (SSSR count). The Kier molecular flexibility index (Phi) is 5.18. The zero-order valence-corrected chi connectivity index (χ0v) is 21.6. The summed E-state index contributed by atoms with van der Waals surface area (Å²) in [5.74, 6) is -1.82. The third kappa shape index (κ3) is 3.01. The predicted octanol–water partition coefficient (Wildman–Crippen LogP) is 6.38. The highest BCUT2D eigenvalue weighted by molar-refractivity contribution is 7.12. The van der Waals surface area contributed by atoms with Gasteiger partial charge in [-0.1, -0.05) is 72.3 Å². The van der Waals surface area contributed by atoms with E-state index in [4.69, 9.17) is 11.6 Å². The SMILES string of the molecule is O=C(c1cccs1)C1C(C(=O)c2ccccc2Cl)C2(C(=O)Nc3ccccc32)C2c3ccccc3C=CN12. The van der Waals surface area contributed by atoms with Crippen molar-refractivity contribution in [3.63, 3.8) is 0 Å². The van der Waals surface area contributed by atoms with Crippen LogP contribution in [0.4, 0.5) is 5.69 Å². The summed E-state index contributed by atoms with van der Waals surface area (Å²) in [5, 5.41) is 5.20. The van der Waals surface area contributed by atoms with Crippen LogP contribution in [-0.4, -0.2) is 28.4 Å². The topological polar surface area (TPSA) is 66.5 Å². The van der Waals surface area contributed by atoms with Gasteiger partial charge in [0.25, 0.3) is 0 Å². The highest BCUT2D eigenvalue weighted by atomic mass is 35.5. The van der Waals surface area contributed by atoms with E-state index in [2.05, 4.69) is 5.32 Å². The largest absolute Gasteiger partial charge is 0.358 e. The van der Waals surface area contributed by atoms with Crippen molar-refractivity contribution in [2.75, 3.05) is 5.32 Å². The maximum Gasteiger partial charge on any atom is 0.238 e. The molecule has 3 aliphatic rings. The number of anilines is 1. The average Bonchev–Trinajstić information content (AvgIpc) is 3.65. The first-order chi connectivity index (χ1) is 18.5. The molecule has 1 aromatic heterocycles. The number of ketones is 2. The first kappa shape index (κ1) is 23.1. The van der Waals surface area contributed by atoms with Gasteiger partial charge >= 0.3 is 0 Å². The molecule has 4 unspecified atom stereocenters. The number of benzene rings is 3. The van der Waals surface area contributed by atoms with Crippen molar-refractivity contribution in [3.8, 4) is 0 Å². The van der Waals surface area contributed by atoms with Crippen LogP contribution in [0.3, 0.4) is 0 Å². The van der Waals surface area contributed by atoms with Gasteiger partial charge in [-0.3, -0.25) is 14.4 Å². The minimum absolute atomic E-state index is 0.187. The van der Waals surface area contributed by atoms with Gasteiger partial charge in [-0.15, -0.1) is 11.3 Å². The van der Waals surface area contributed by atoms with Crippen molar-refractivity contribution in [2.45, 2.75) is 17.5 Å². The number of nitrogens with zero attached hydrogens (tertiary/aromatic N) is 1. The van der Waals surface area contributed by atoms with Crippen LogP contribution in [0.25, 0.3) is 6.08 Å². The van der Waals surface area contributed by atoms with Gasteiger partial charge < -0.3 is 10.2 Å². The highest BCUT2D eigenvalue weighted by Gasteiger charge is 2.70. The lowest BCUT2D eigenvalue weighted by Gasteiger charge is -2.38. The Bertz CT molecular complexity index is 1660. The molecule has 0 saturated carbocycles. The molecule has 3 aliphatic heterocycles. The van der Waals surface area contributed by atoms with Gasteiger partial charge in [-0.25, -0.2) is 0 Å². The number of carbonyl (C=O) groups is 3. The van der Waals surface area contributed by atoms with Crippen LogP contribution in [0.1, 0.15) is 42.8 Å². The summed E-state index contributed by atoms with van der Waals surface area (Å²) in [6, 6.07) is 24.3. The van der Waals surface area contributed by atoms with Crippen molar-refractivity contribution in [2.24, 2.45) is 5.92 Å². The lowest BCUT2D eigenvalue weighted by atomic mass is 9.63. The number of thiophene rings is 1. The van der Waals surface area contributed by atoms with Gasteiger partial charge in [0, 0.05) is 17.5 Å². The quantitative estimate of drug-likeness (QED) is 0.307. The maximum absolute atomic E-state index is 14.7. The van der Waals surface area contributed by atoms with E-state index in [0.717, 1.165) is 16.7 Å². The van der Waals surface area contributed by atoms with E-state index >= 15 is 0 Å². The summed E-state index contributed by atoms with van der Waals surface area (Å²) in [7, 11) is 0. The van der Waals surface area contributed by atoms with Crippen LogP contribution in [0.2, 0.25) is 5.02 Å². The zero-order chi connectivity index (χ0) is 26.0. The molecular weight excluding hydrogens is 516 g/mol. The van der Waals surface area contributed by atoms with Crippen LogP contribution in [0, 0.1) is 5.92 Å². The monoisotopic (exact) mass is 536 g/mol. The van der Waals surface area contributed by atoms with Gasteiger partial charge in [-0.05, 0) is 52.4 Å². The number of hydrogen-bond donors (Lipinski definition) is 1. The second-order valence-corrected chi connectivity index (χ2v) is 11.1. The molecule has 1 saturated heterocycles. The molecule has 1 N–H and O–H groups in total. The number of fused-ring (bicyclic) bond motifs is 6. The van der Waals surface area contributed by atoms with Gasteiger partial charge in [0.05, 0.1) is 21.9 Å². The van der Waals surface area contributed by atoms with Gasteiger partial charge in [0.1, 0.15) is 11.5 Å². The van der Waals surface area contributed by atoms with E-state index in [1.54, 1.807) is 30.3 Å². The Labute approximate surface area is 228 Å². The van der Waals surface area contributed by atoms with Crippen molar-refractivity contribution in [3.05, 3.63) is 129 Å². The fourth-order valence-corrected chi connectivity index (χ4v) is 7.49. The number of carbonyl (C=O) groups excluding carboxylic acids is 3. The van der Waals surface area contributed by atoms with Crippen LogP contribution in [-0.2, 0) is 10.2 Å². The van der Waals surface area contributed by atoms with Gasteiger partial charge in [0.2, 0.25) is 5.91 Å². The van der Waals surface area contributed by atoms with Crippen molar-refractivity contribution in [1.82, 2.24) is 4.90 Å². The minimum Gasteiger partial charge on any atom is -0.358 e. The maximum atomic E-state index is 14.7. The summed E-state index contributed by atoms with van der Waals surface area (Å²) in [6.45, 7) is 0. The fourth-order valence-electron chi connectivity index (χ4n) is 6.56. The second-order valence-electron chi connectivity index (χ2n) is 9.77. The molecule has 3 aromatic carbocycles. The number of halogens is 1. The van der Waals surface area contributed by atoms with E-state index in [0.29, 0.717) is 21.2 Å². The van der Waals surface area contributed by atoms with E-state index in [1.807, 2.05) is 77.2 Å². The summed E-state index contributed by atoms with van der Waals surface area (Å²) < 4.78 is 0. The molecule has 0 radical (unpaired) electrons. The Morgan fingerprint density at radius 2 is 1.66 bits per heavy atom. The van der Waals surface area contributed by atoms with Crippen molar-refractivity contribution in [1.29, 1.82) is 0 Å². The van der Waals surface area contributed by atoms with Gasteiger partial charge in [-0.2, -0.15) is 0 Å². The summed E-state index contributed by atoms with van der Waals surface area (Å²) in [4.78, 5) is 45.8. The average molecular weight is 537 g/mol. The molecule has 186 valence electrons. The molecule has 0 aliphatic carbocycles. The standard InChI is InChI=1S/C31H21ClN2O3S/c32-22-12-5-3-10-20(22)27(35)25-26(28(36)24-14-7-17-38-24)34-16-15-18-8-1-2-9-19(18)29(34)31(25)21-11-4-6-13-23(21)33-30(31)37/h1-17,25-26,29H,(H,33,37). The number of rotatable bonds is 4. The molecule has 1 amide bonds. The van der Waals surface area contributed by atoms with E-state index < -0.39 is 23.4 Å². The number of nitrogens with one attached hydrogen (secondary N) is 1. The summed E-state index contributed by atoms with van der Waals surface area (Å²) in [6.07, 6.45) is 3.83. The minimum atomic E-state index is -1.36. The van der Waals surface area contributed by atoms with Crippen LogP contribution in [0.5, 0.6) is 0 Å². The molecule has 4 heterocycles. The van der Waals surface area contributed by atoms with Crippen molar-refractivity contribution < 1.29 is 14.4 Å². The highest BCUT2D eigenvalue weighted by Crippen LogP contribution is 2.62. The lowest BCUT2D eigenvalue weighted by Crippen LogP contribution is -2.49. The molecule has 1 spiro atoms. The first-order valence-corrected chi connectivity index (χ1v) is 13.6. The lowest BCUT2D eigenvalue weighted by molar-refractivity contribution is -0.122. The smallest absolute Gasteiger partial charge is 0.238 e. The molecule has 5 nitrogen and oxygen atoms in total. The Morgan fingerprint density at radius 1 is 0.895 bits per heavy atom. The second kappa shape index (κ2) is 8.51. The molecular formula is C31H21ClN2O3S. The van der Waals surface area contributed by atoms with Crippen molar-refractivity contribution >= 4 is 52.2 Å². The molecule has 7 heteroatoms. The normalized spacial score (nSPS) is 24.6. The third-order valence-electron chi connectivity index (χ3n) is 8.02. The third-order valence-corrected chi connectivity index (χ3v) is 9.24. The number of amides is 1. The van der Waals surface area contributed by atoms with E-state index in [9.17, 15) is 14.4 Å². The molecule has 0 bridgehead atoms. The fraction of sp³-hybridized carbons (Fsp3) is 0.129. The van der Waals surface area contributed by atoms with E-state index in [1.165, 1.54) is 11.3 Å². The molecule has 4 atom stereocenters. The molecule has 4 aromatic rings. The zero-order valence-electron chi connectivity index (χ0n) is 20.0. The van der Waals surface area contributed by atoms with Crippen LogP contribution < -0.4 is 5.32 Å². The van der Waals surface area contributed by atoms with Crippen LogP contribution in [0.15, 0.2) is 96.5 Å². The molecule has 38 heavy (non-hydrogen) atoms. The van der Waals surface area contributed by atoms with E-state index in [-0.39, 0.29) is 17.5 Å². The Hall–Kier alpha value is -4.00. The summed E-state index contributed by atoms with van der Waals surface area (Å²) >= 11 is 7.89. The van der Waals surface area contributed by atoms with Gasteiger partial charge in [0.15, 0.2) is 11.6 Å². The number of para-hydroxylation sites is 1. The number of hydrogen-bond acceptors (Lipinski definition) is 5. The van der Waals surface area contributed by atoms with Crippen LogP contribution >= 0.6 is 22.9 Å².